The molecule has 2 fully saturated rings. The van der Waals surface area contributed by atoms with Gasteiger partial charge in [-0.25, -0.2) is 4.79 Å². The minimum atomic E-state index is -0.889. The van der Waals surface area contributed by atoms with Crippen LogP contribution in [0.15, 0.2) is 30.3 Å². The number of hydrogen-bond acceptors (Lipinski definition) is 5. The molecule has 3 rings (SSSR count). The van der Waals surface area contributed by atoms with E-state index in [1.165, 1.54) is 12.0 Å². The predicted octanol–water partition coefficient (Wildman–Crippen LogP) is 1.95. The fourth-order valence-electron chi connectivity index (χ4n) is 3.78. The number of nitrogens with zero attached hydrogens (tertiary/aromatic N) is 2. The summed E-state index contributed by atoms with van der Waals surface area (Å²) in [6.07, 6.45) is 2.36. The van der Waals surface area contributed by atoms with E-state index in [1.54, 1.807) is 4.90 Å². The molecule has 1 aromatic rings. The largest absolute Gasteiger partial charge is 0.468 e. The molecule has 0 radical (unpaired) electrons. The van der Waals surface area contributed by atoms with E-state index in [2.05, 4.69) is 4.74 Å². The number of methoxy groups -OCH3 is 1. The van der Waals surface area contributed by atoms with E-state index in [0.29, 0.717) is 25.9 Å². The van der Waals surface area contributed by atoms with Crippen LogP contribution in [0.5, 0.6) is 0 Å². The van der Waals surface area contributed by atoms with Crippen molar-refractivity contribution in [1.82, 2.24) is 9.80 Å². The Kier molecular flexibility index (Phi) is 5.44. The number of amides is 2. The average molecular weight is 360 g/mol. The number of likely N-dealkylation sites (tertiary alicyclic amines) is 2. The van der Waals surface area contributed by atoms with Crippen LogP contribution in [0.2, 0.25) is 0 Å². The quantitative estimate of drug-likeness (QED) is 0.767. The second-order valence-electron chi connectivity index (χ2n) is 6.73. The minimum absolute atomic E-state index is 0.0794. The smallest absolute Gasteiger partial charge is 0.411 e. The summed E-state index contributed by atoms with van der Waals surface area (Å²) in [5.74, 6) is -0.635. The summed E-state index contributed by atoms with van der Waals surface area (Å²) in [7, 11) is 1.30. The van der Waals surface area contributed by atoms with Crippen molar-refractivity contribution in [2.45, 2.75) is 37.8 Å². The van der Waals surface area contributed by atoms with Crippen molar-refractivity contribution in [3.05, 3.63) is 35.9 Å². The normalized spacial score (nSPS) is 22.6. The average Bonchev–Trinajstić information content (AvgIpc) is 2.97. The number of hydrogen-bond donors (Lipinski definition) is 0. The van der Waals surface area contributed by atoms with Gasteiger partial charge in [-0.2, -0.15) is 0 Å². The highest BCUT2D eigenvalue weighted by Crippen LogP contribution is 2.38. The lowest BCUT2D eigenvalue weighted by Gasteiger charge is -2.42. The van der Waals surface area contributed by atoms with Crippen LogP contribution >= 0.6 is 0 Å². The Morgan fingerprint density at radius 3 is 2.62 bits per heavy atom. The number of benzene rings is 1. The molecule has 0 N–H and O–H groups in total. The minimum Gasteiger partial charge on any atom is -0.468 e. The zero-order valence-corrected chi connectivity index (χ0v) is 15.0. The molecule has 2 saturated heterocycles. The summed E-state index contributed by atoms with van der Waals surface area (Å²) >= 11 is 0. The number of carbonyl (C=O) groups excluding carboxylic acids is 3. The van der Waals surface area contributed by atoms with Crippen LogP contribution in [-0.2, 0) is 25.7 Å². The Balaban J connectivity index is 1.70. The first kappa shape index (κ1) is 18.2. The molecule has 0 bridgehead atoms. The molecule has 140 valence electrons. The molecular weight excluding hydrogens is 336 g/mol. The number of piperidine rings is 1. The van der Waals surface area contributed by atoms with Gasteiger partial charge in [-0.3, -0.25) is 14.5 Å². The molecule has 2 heterocycles. The summed E-state index contributed by atoms with van der Waals surface area (Å²) < 4.78 is 10.1. The zero-order valence-electron chi connectivity index (χ0n) is 15.0. The topological polar surface area (TPSA) is 76.2 Å². The van der Waals surface area contributed by atoms with Gasteiger partial charge in [0.15, 0.2) is 0 Å². The van der Waals surface area contributed by atoms with Crippen molar-refractivity contribution in [2.24, 2.45) is 0 Å². The molecule has 2 aliphatic heterocycles. The maximum absolute atomic E-state index is 13.0. The lowest BCUT2D eigenvalue weighted by Crippen LogP contribution is -2.59. The van der Waals surface area contributed by atoms with Crippen molar-refractivity contribution in [3.8, 4) is 0 Å². The van der Waals surface area contributed by atoms with Crippen LogP contribution in [0.3, 0.4) is 0 Å². The molecular formula is C19H24N2O5. The van der Waals surface area contributed by atoms with Crippen molar-refractivity contribution in [3.63, 3.8) is 0 Å². The van der Waals surface area contributed by atoms with E-state index in [0.717, 1.165) is 18.4 Å². The highest BCUT2D eigenvalue weighted by atomic mass is 16.6. The van der Waals surface area contributed by atoms with Crippen molar-refractivity contribution in [1.29, 1.82) is 0 Å². The van der Waals surface area contributed by atoms with Crippen LogP contribution in [0.4, 0.5) is 4.79 Å². The second kappa shape index (κ2) is 7.76. The maximum atomic E-state index is 13.0. The van der Waals surface area contributed by atoms with Gasteiger partial charge in [0.1, 0.15) is 18.7 Å². The van der Waals surface area contributed by atoms with E-state index in [9.17, 15) is 14.4 Å². The molecule has 2 amide bonds. The van der Waals surface area contributed by atoms with Crippen molar-refractivity contribution >= 4 is 18.0 Å². The van der Waals surface area contributed by atoms with Crippen molar-refractivity contribution in [2.75, 3.05) is 26.7 Å². The molecule has 0 aromatic heterocycles. The van der Waals surface area contributed by atoms with Gasteiger partial charge in [-0.1, -0.05) is 30.3 Å². The Morgan fingerprint density at radius 2 is 1.88 bits per heavy atom. The standard InChI is InChI=1S/C19H24N2O5/c1-25-16(22)13-20-12-10-19(17(20)23)9-5-6-11-21(19)18(24)26-14-15-7-3-2-4-8-15/h2-4,7-8H,5-6,9-14H2,1H3. The number of esters is 1. The van der Waals surface area contributed by atoms with E-state index in [1.807, 2.05) is 30.3 Å². The SMILES string of the molecule is COC(=O)CN1CCC2(CCCCN2C(=O)OCc2ccccc2)C1=O. The fourth-order valence-corrected chi connectivity index (χ4v) is 3.78. The first-order valence-electron chi connectivity index (χ1n) is 8.91. The van der Waals surface area contributed by atoms with Gasteiger partial charge in [-0.15, -0.1) is 0 Å². The molecule has 1 atom stereocenters. The van der Waals surface area contributed by atoms with Crippen LogP contribution in [-0.4, -0.2) is 60.1 Å². The van der Waals surface area contributed by atoms with Gasteiger partial charge in [0, 0.05) is 13.1 Å². The number of rotatable bonds is 4. The molecule has 0 saturated carbocycles. The van der Waals surface area contributed by atoms with Crippen molar-refractivity contribution < 1.29 is 23.9 Å². The summed E-state index contributed by atoms with van der Waals surface area (Å²) in [6.45, 7) is 1.03. The first-order chi connectivity index (χ1) is 12.6. The van der Waals surface area contributed by atoms with E-state index in [-0.39, 0.29) is 19.1 Å². The highest BCUT2D eigenvalue weighted by molar-refractivity contribution is 5.94. The lowest BCUT2D eigenvalue weighted by atomic mass is 9.85. The predicted molar refractivity (Wildman–Crippen MR) is 93.1 cm³/mol. The van der Waals surface area contributed by atoms with Crippen LogP contribution in [0.1, 0.15) is 31.2 Å². The summed E-state index contributed by atoms with van der Waals surface area (Å²) in [4.78, 5) is 40.3. The van der Waals surface area contributed by atoms with Gasteiger partial charge >= 0.3 is 12.1 Å². The third-order valence-corrected chi connectivity index (χ3v) is 5.19. The third kappa shape index (κ3) is 3.52. The van der Waals surface area contributed by atoms with Gasteiger partial charge in [-0.05, 0) is 31.2 Å². The van der Waals surface area contributed by atoms with Crippen LogP contribution in [0.25, 0.3) is 0 Å². The molecule has 1 aromatic carbocycles. The number of ether oxygens (including phenoxy) is 2. The molecule has 7 nitrogen and oxygen atoms in total. The maximum Gasteiger partial charge on any atom is 0.411 e. The van der Waals surface area contributed by atoms with Gasteiger partial charge in [0.25, 0.3) is 0 Å². The van der Waals surface area contributed by atoms with E-state index >= 15 is 0 Å². The highest BCUT2D eigenvalue weighted by Gasteiger charge is 2.54. The molecule has 7 heteroatoms. The Labute approximate surface area is 152 Å². The summed E-state index contributed by atoms with van der Waals surface area (Å²) in [6, 6.07) is 9.45. The third-order valence-electron chi connectivity index (χ3n) is 5.19. The lowest BCUT2D eigenvalue weighted by molar-refractivity contribution is -0.148. The van der Waals surface area contributed by atoms with Gasteiger partial charge < -0.3 is 14.4 Å². The first-order valence-corrected chi connectivity index (χ1v) is 8.91. The second-order valence-corrected chi connectivity index (χ2v) is 6.73. The monoisotopic (exact) mass is 360 g/mol. The zero-order chi connectivity index (χ0) is 18.6. The molecule has 1 spiro atoms. The van der Waals surface area contributed by atoms with Crippen LogP contribution < -0.4 is 0 Å². The Bertz CT molecular complexity index is 678. The number of carbonyl (C=O) groups is 3. The van der Waals surface area contributed by atoms with Gasteiger partial charge in [0.05, 0.1) is 7.11 Å². The molecule has 2 aliphatic rings. The van der Waals surface area contributed by atoms with E-state index in [4.69, 9.17) is 4.74 Å². The fraction of sp³-hybridized carbons (Fsp3) is 0.526. The Morgan fingerprint density at radius 1 is 1.12 bits per heavy atom. The molecule has 26 heavy (non-hydrogen) atoms. The Hall–Kier alpha value is -2.57. The van der Waals surface area contributed by atoms with Crippen LogP contribution in [0, 0.1) is 0 Å². The summed E-state index contributed by atoms with van der Waals surface area (Å²) in [5.41, 5.74) is 0.0111. The molecule has 1 unspecified atom stereocenters. The van der Waals surface area contributed by atoms with Gasteiger partial charge in [0.2, 0.25) is 5.91 Å². The molecule has 0 aliphatic carbocycles. The van der Waals surface area contributed by atoms with E-state index < -0.39 is 17.6 Å². The summed E-state index contributed by atoms with van der Waals surface area (Å²) in [5, 5.41) is 0.